The maximum Gasteiger partial charge on any atom is 0.254 e. The van der Waals surface area contributed by atoms with Crippen LogP contribution >= 0.6 is 0 Å². The topological polar surface area (TPSA) is 95.6 Å². The Hall–Kier alpha value is -2.78. The van der Waals surface area contributed by atoms with Crippen molar-refractivity contribution >= 4 is 27.5 Å². The number of hydrogen-bond acceptors (Lipinski definition) is 4. The monoisotopic (exact) mass is 447 g/mol. The standard InChI is InChI=1S/C22H26FN3O4S/c1-16-10-11-17(14-20(16)31(29,30)26-12-6-2-3-7-13-26)25-21(27)15-24-22(28)18-8-4-5-9-19(18)23/h4-5,8-11,14H,2-3,6-7,12-13,15H2,1H3,(H,24,28)(H,25,27). The first-order chi connectivity index (χ1) is 14.8. The van der Waals surface area contributed by atoms with Crippen molar-refractivity contribution in [2.75, 3.05) is 25.0 Å². The van der Waals surface area contributed by atoms with Crippen molar-refractivity contribution in [1.82, 2.24) is 9.62 Å². The number of carbonyl (C=O) groups excluding carboxylic acids is 2. The molecule has 1 aliphatic rings. The molecule has 9 heteroatoms. The number of hydrogen-bond donors (Lipinski definition) is 2. The van der Waals surface area contributed by atoms with Crippen LogP contribution in [0.25, 0.3) is 0 Å². The predicted octanol–water partition coefficient (Wildman–Crippen LogP) is 3.07. The SMILES string of the molecule is Cc1ccc(NC(=O)CNC(=O)c2ccccc2F)cc1S(=O)(=O)N1CCCCCC1. The fourth-order valence-electron chi connectivity index (χ4n) is 3.48. The van der Waals surface area contributed by atoms with E-state index in [-0.39, 0.29) is 17.0 Å². The van der Waals surface area contributed by atoms with Gasteiger partial charge in [-0.2, -0.15) is 4.31 Å². The fourth-order valence-corrected chi connectivity index (χ4v) is 5.25. The highest BCUT2D eigenvalue weighted by molar-refractivity contribution is 7.89. The van der Waals surface area contributed by atoms with Crippen LogP contribution in [0, 0.1) is 12.7 Å². The predicted molar refractivity (Wildman–Crippen MR) is 116 cm³/mol. The number of nitrogens with one attached hydrogen (secondary N) is 2. The molecule has 0 atom stereocenters. The molecule has 0 spiro atoms. The molecule has 1 fully saturated rings. The Morgan fingerprint density at radius 3 is 2.39 bits per heavy atom. The first kappa shape index (κ1) is 22.9. The van der Waals surface area contributed by atoms with Gasteiger partial charge in [0.15, 0.2) is 0 Å². The lowest BCUT2D eigenvalue weighted by Crippen LogP contribution is -2.34. The molecule has 0 aromatic heterocycles. The molecular weight excluding hydrogens is 421 g/mol. The molecule has 166 valence electrons. The van der Waals surface area contributed by atoms with Gasteiger partial charge in [0.1, 0.15) is 5.82 Å². The van der Waals surface area contributed by atoms with Crippen LogP contribution < -0.4 is 10.6 Å². The second kappa shape index (κ2) is 10.0. The van der Waals surface area contributed by atoms with Gasteiger partial charge in [-0.3, -0.25) is 9.59 Å². The van der Waals surface area contributed by atoms with Crippen molar-refractivity contribution < 1.29 is 22.4 Å². The summed E-state index contributed by atoms with van der Waals surface area (Å²) in [7, 11) is -3.67. The van der Waals surface area contributed by atoms with Gasteiger partial charge in [0.2, 0.25) is 15.9 Å². The number of halogens is 1. The molecule has 0 bridgehead atoms. The van der Waals surface area contributed by atoms with Gasteiger partial charge in [-0.25, -0.2) is 12.8 Å². The zero-order chi connectivity index (χ0) is 22.4. The van der Waals surface area contributed by atoms with Gasteiger partial charge in [0.25, 0.3) is 5.91 Å². The lowest BCUT2D eigenvalue weighted by atomic mass is 10.2. The summed E-state index contributed by atoms with van der Waals surface area (Å²) in [6, 6.07) is 10.2. The van der Waals surface area contributed by atoms with Crippen LogP contribution in [0.4, 0.5) is 10.1 Å². The van der Waals surface area contributed by atoms with Gasteiger partial charge in [-0.05, 0) is 49.6 Å². The number of carbonyl (C=O) groups is 2. The van der Waals surface area contributed by atoms with Gasteiger partial charge < -0.3 is 10.6 Å². The summed E-state index contributed by atoms with van der Waals surface area (Å²) >= 11 is 0. The largest absolute Gasteiger partial charge is 0.343 e. The summed E-state index contributed by atoms with van der Waals surface area (Å²) in [5.41, 5.74) is 0.746. The zero-order valence-electron chi connectivity index (χ0n) is 17.4. The number of sulfonamides is 1. The van der Waals surface area contributed by atoms with E-state index in [0.717, 1.165) is 31.7 Å². The van der Waals surface area contributed by atoms with Crippen LogP contribution in [0.2, 0.25) is 0 Å². The van der Waals surface area contributed by atoms with Crippen molar-refractivity contribution in [1.29, 1.82) is 0 Å². The average molecular weight is 448 g/mol. The number of benzene rings is 2. The minimum absolute atomic E-state index is 0.155. The maximum atomic E-state index is 13.7. The summed E-state index contributed by atoms with van der Waals surface area (Å²) in [6.07, 6.45) is 3.69. The quantitative estimate of drug-likeness (QED) is 0.711. The van der Waals surface area contributed by atoms with E-state index >= 15 is 0 Å². The lowest BCUT2D eigenvalue weighted by Gasteiger charge is -2.21. The summed E-state index contributed by atoms with van der Waals surface area (Å²) in [5.74, 6) is -1.93. The van der Waals surface area contributed by atoms with Crippen LogP contribution in [0.5, 0.6) is 0 Å². The van der Waals surface area contributed by atoms with E-state index in [1.54, 1.807) is 19.1 Å². The second-order valence-electron chi connectivity index (χ2n) is 7.51. The highest BCUT2D eigenvalue weighted by Gasteiger charge is 2.27. The Morgan fingerprint density at radius 2 is 1.71 bits per heavy atom. The molecule has 2 N–H and O–H groups in total. The van der Waals surface area contributed by atoms with Gasteiger partial charge in [0.05, 0.1) is 17.0 Å². The molecule has 7 nitrogen and oxygen atoms in total. The summed E-state index contributed by atoms with van der Waals surface area (Å²) < 4.78 is 41.4. The molecule has 0 saturated carbocycles. The van der Waals surface area contributed by atoms with E-state index in [4.69, 9.17) is 0 Å². The molecule has 1 aliphatic heterocycles. The van der Waals surface area contributed by atoms with Crippen LogP contribution in [0.1, 0.15) is 41.6 Å². The minimum Gasteiger partial charge on any atom is -0.343 e. The van der Waals surface area contributed by atoms with Gasteiger partial charge >= 0.3 is 0 Å². The van der Waals surface area contributed by atoms with Gasteiger partial charge in [-0.1, -0.05) is 31.0 Å². The van der Waals surface area contributed by atoms with Crippen molar-refractivity contribution in [3.05, 3.63) is 59.4 Å². The van der Waals surface area contributed by atoms with E-state index in [1.807, 2.05) is 0 Å². The highest BCUT2D eigenvalue weighted by Crippen LogP contribution is 2.25. The maximum absolute atomic E-state index is 13.7. The number of aryl methyl sites for hydroxylation is 1. The molecule has 0 radical (unpaired) electrons. The minimum atomic E-state index is -3.67. The number of nitrogens with zero attached hydrogens (tertiary/aromatic N) is 1. The molecule has 3 rings (SSSR count). The van der Waals surface area contributed by atoms with Gasteiger partial charge in [-0.15, -0.1) is 0 Å². The Balaban J connectivity index is 1.67. The number of amides is 2. The lowest BCUT2D eigenvalue weighted by molar-refractivity contribution is -0.115. The Bertz CT molecular complexity index is 1060. The molecule has 2 amide bonds. The van der Waals surface area contributed by atoms with Crippen LogP contribution in [0.3, 0.4) is 0 Å². The molecule has 0 aliphatic carbocycles. The van der Waals surface area contributed by atoms with Crippen molar-refractivity contribution in [3.8, 4) is 0 Å². The van der Waals surface area contributed by atoms with Crippen LogP contribution in [0.15, 0.2) is 47.4 Å². The Labute approximate surface area is 181 Å². The smallest absolute Gasteiger partial charge is 0.254 e. The van der Waals surface area contributed by atoms with Crippen molar-refractivity contribution in [2.45, 2.75) is 37.5 Å². The molecule has 0 unspecified atom stereocenters. The van der Waals surface area contributed by atoms with E-state index in [9.17, 15) is 22.4 Å². The first-order valence-electron chi connectivity index (χ1n) is 10.2. The van der Waals surface area contributed by atoms with E-state index < -0.39 is 27.7 Å². The van der Waals surface area contributed by atoms with E-state index in [0.29, 0.717) is 24.3 Å². The number of rotatable bonds is 6. The number of anilines is 1. The third kappa shape index (κ3) is 5.68. The molecule has 2 aromatic rings. The van der Waals surface area contributed by atoms with E-state index in [2.05, 4.69) is 10.6 Å². The molecule has 1 saturated heterocycles. The zero-order valence-corrected chi connectivity index (χ0v) is 18.2. The summed E-state index contributed by atoms with van der Waals surface area (Å²) in [5, 5.41) is 4.95. The Morgan fingerprint density at radius 1 is 1.03 bits per heavy atom. The summed E-state index contributed by atoms with van der Waals surface area (Å²) in [4.78, 5) is 24.4. The normalized spacial score (nSPS) is 15.2. The van der Waals surface area contributed by atoms with Gasteiger partial charge in [0, 0.05) is 18.8 Å². The van der Waals surface area contributed by atoms with E-state index in [1.165, 1.54) is 28.6 Å². The fraction of sp³-hybridized carbons (Fsp3) is 0.364. The molecule has 1 heterocycles. The highest BCUT2D eigenvalue weighted by atomic mass is 32.2. The van der Waals surface area contributed by atoms with Crippen molar-refractivity contribution in [3.63, 3.8) is 0 Å². The average Bonchev–Trinajstić information content (AvgIpc) is 3.04. The second-order valence-corrected chi connectivity index (χ2v) is 9.42. The van der Waals surface area contributed by atoms with Crippen LogP contribution in [-0.2, 0) is 14.8 Å². The first-order valence-corrected chi connectivity index (χ1v) is 11.7. The molecule has 31 heavy (non-hydrogen) atoms. The third-order valence-corrected chi connectivity index (χ3v) is 7.22. The third-order valence-electron chi connectivity index (χ3n) is 5.18. The molecule has 2 aromatic carbocycles. The Kier molecular flexibility index (Phi) is 7.40. The molecular formula is C22H26FN3O4S. The van der Waals surface area contributed by atoms with Crippen molar-refractivity contribution in [2.24, 2.45) is 0 Å². The van der Waals surface area contributed by atoms with Crippen LogP contribution in [-0.4, -0.2) is 44.2 Å². The summed E-state index contributed by atoms with van der Waals surface area (Å²) in [6.45, 7) is 2.31.